The van der Waals surface area contributed by atoms with E-state index in [1.165, 1.54) is 7.11 Å². The molecule has 1 aromatic heterocycles. The van der Waals surface area contributed by atoms with Crippen LogP contribution in [0.5, 0.6) is 0 Å². The summed E-state index contributed by atoms with van der Waals surface area (Å²) >= 11 is 3.51. The number of amides is 2. The average molecular weight is 627 g/mol. The van der Waals surface area contributed by atoms with Crippen molar-refractivity contribution in [3.8, 4) is 0 Å². The number of pyridine rings is 1. The molecule has 8 nitrogen and oxygen atoms in total. The van der Waals surface area contributed by atoms with Crippen LogP contribution < -0.4 is 5.32 Å². The number of benzene rings is 2. The van der Waals surface area contributed by atoms with Gasteiger partial charge in [0.2, 0.25) is 5.91 Å². The first-order chi connectivity index (χ1) is 19.8. The van der Waals surface area contributed by atoms with Crippen LogP contribution in [-0.4, -0.2) is 66.2 Å². The number of anilines is 1. The zero-order valence-electron chi connectivity index (χ0n) is 22.9. The number of hydrogen-bond donors (Lipinski definition) is 1. The van der Waals surface area contributed by atoms with Gasteiger partial charge in [0.05, 0.1) is 50.4 Å². The van der Waals surface area contributed by atoms with Crippen molar-refractivity contribution in [3.05, 3.63) is 70.5 Å². The minimum absolute atomic E-state index is 0.00527. The van der Waals surface area contributed by atoms with Crippen LogP contribution in [0.3, 0.4) is 0 Å². The van der Waals surface area contributed by atoms with Gasteiger partial charge in [-0.3, -0.25) is 19.4 Å². The summed E-state index contributed by atoms with van der Waals surface area (Å²) in [6, 6.07) is 14.4. The second-order valence-electron chi connectivity index (χ2n) is 10.7. The molecule has 0 bridgehead atoms. The van der Waals surface area contributed by atoms with Crippen molar-refractivity contribution in [2.24, 2.45) is 5.92 Å². The number of methoxy groups -OCH3 is 1. The summed E-state index contributed by atoms with van der Waals surface area (Å²) in [6.45, 7) is 0.325. The quantitative estimate of drug-likeness (QED) is 0.333. The van der Waals surface area contributed by atoms with Crippen LogP contribution in [0.15, 0.2) is 59.2 Å². The molecule has 0 unspecified atom stereocenters. The van der Waals surface area contributed by atoms with Gasteiger partial charge < -0.3 is 19.7 Å². The van der Waals surface area contributed by atoms with E-state index in [0.717, 1.165) is 29.2 Å². The van der Waals surface area contributed by atoms with Gasteiger partial charge >= 0.3 is 5.97 Å². The lowest BCUT2D eigenvalue weighted by molar-refractivity contribution is -0.148. The number of carbonyl (C=O) groups excluding carboxylic acids is 3. The topological polar surface area (TPSA) is 97.8 Å². The molecule has 5 rings (SSSR count). The molecule has 0 spiro atoms. The van der Waals surface area contributed by atoms with Crippen LogP contribution in [0.4, 0.5) is 10.1 Å². The van der Waals surface area contributed by atoms with Gasteiger partial charge in [0.25, 0.3) is 5.91 Å². The number of rotatable bonds is 8. The Hall–Kier alpha value is -3.37. The SMILES string of the molecule is COC(=O)[C@H]1CC[C@H](OC[C@@H]2C[C@H](F)CN2C(=O)Cc2ccc(NC(=O)c3nccc4ccccc34)c(Br)c2)CC1. The summed E-state index contributed by atoms with van der Waals surface area (Å²) in [6.07, 6.45) is 3.77. The normalized spacial score (nSPS) is 22.5. The van der Waals surface area contributed by atoms with E-state index in [2.05, 4.69) is 26.2 Å². The predicted octanol–water partition coefficient (Wildman–Crippen LogP) is 5.48. The Morgan fingerprint density at radius 1 is 1.10 bits per heavy atom. The van der Waals surface area contributed by atoms with Crippen LogP contribution in [0.1, 0.15) is 48.2 Å². The zero-order chi connectivity index (χ0) is 28.9. The second kappa shape index (κ2) is 13.1. The molecule has 41 heavy (non-hydrogen) atoms. The number of nitrogens with zero attached hydrogens (tertiary/aromatic N) is 2. The molecule has 216 valence electrons. The van der Waals surface area contributed by atoms with E-state index in [1.54, 1.807) is 29.3 Å². The standard InChI is InChI=1S/C31H33BrFN3O5/c1-40-31(39)21-7-9-24(10-8-21)41-18-23-16-22(33)17-36(23)28(37)15-19-6-11-27(26(32)14-19)35-30(38)29-25-5-3-2-4-20(25)12-13-34-29/h2-6,11-14,21-24H,7-10,15-18H2,1H3,(H,35,38)/t21-,22-,23-,24-/m0/s1. The fourth-order valence-electron chi connectivity index (χ4n) is 5.73. The number of ether oxygens (including phenoxy) is 2. The van der Waals surface area contributed by atoms with E-state index in [1.807, 2.05) is 30.3 Å². The molecule has 1 saturated carbocycles. The number of nitrogens with one attached hydrogen (secondary N) is 1. The van der Waals surface area contributed by atoms with Crippen molar-refractivity contribution in [3.63, 3.8) is 0 Å². The van der Waals surface area contributed by atoms with Gasteiger partial charge in [-0.1, -0.05) is 30.3 Å². The van der Waals surface area contributed by atoms with Crippen molar-refractivity contribution in [2.45, 2.75) is 56.8 Å². The Bertz CT molecular complexity index is 1420. The number of alkyl halides is 1. The number of esters is 1. The third-order valence-corrected chi connectivity index (χ3v) is 8.60. The third-order valence-electron chi connectivity index (χ3n) is 7.94. The molecule has 1 N–H and O–H groups in total. The fourth-order valence-corrected chi connectivity index (χ4v) is 6.26. The number of aromatic nitrogens is 1. The van der Waals surface area contributed by atoms with Crippen LogP contribution in [0.25, 0.3) is 10.8 Å². The monoisotopic (exact) mass is 625 g/mol. The third kappa shape index (κ3) is 6.93. The van der Waals surface area contributed by atoms with Gasteiger partial charge in [0, 0.05) is 22.5 Å². The molecule has 2 amide bonds. The Morgan fingerprint density at radius 2 is 1.88 bits per heavy atom. The molecular weight excluding hydrogens is 593 g/mol. The maximum Gasteiger partial charge on any atom is 0.308 e. The lowest BCUT2D eigenvalue weighted by Gasteiger charge is -2.30. The molecule has 2 atom stereocenters. The highest BCUT2D eigenvalue weighted by atomic mass is 79.9. The molecule has 2 aromatic carbocycles. The van der Waals surface area contributed by atoms with E-state index in [-0.39, 0.29) is 61.8 Å². The predicted molar refractivity (Wildman–Crippen MR) is 156 cm³/mol. The van der Waals surface area contributed by atoms with Crippen LogP contribution >= 0.6 is 15.9 Å². The molecule has 2 heterocycles. The van der Waals surface area contributed by atoms with Crippen LogP contribution in [-0.2, 0) is 25.5 Å². The minimum atomic E-state index is -1.09. The van der Waals surface area contributed by atoms with Crippen molar-refractivity contribution >= 4 is 50.2 Å². The molecule has 1 aliphatic heterocycles. The lowest BCUT2D eigenvalue weighted by Crippen LogP contribution is -2.40. The van der Waals surface area contributed by atoms with Crippen molar-refractivity contribution in [1.82, 2.24) is 9.88 Å². The first-order valence-electron chi connectivity index (χ1n) is 13.9. The van der Waals surface area contributed by atoms with Crippen molar-refractivity contribution in [2.75, 3.05) is 25.6 Å². The molecule has 2 aliphatic rings. The van der Waals surface area contributed by atoms with E-state index < -0.39 is 6.17 Å². The van der Waals surface area contributed by atoms with Gasteiger partial charge in [-0.15, -0.1) is 0 Å². The zero-order valence-corrected chi connectivity index (χ0v) is 24.4. The van der Waals surface area contributed by atoms with Gasteiger partial charge in [-0.25, -0.2) is 4.39 Å². The highest BCUT2D eigenvalue weighted by molar-refractivity contribution is 9.10. The van der Waals surface area contributed by atoms with Crippen LogP contribution in [0.2, 0.25) is 0 Å². The highest BCUT2D eigenvalue weighted by Crippen LogP contribution is 2.30. The first-order valence-corrected chi connectivity index (χ1v) is 14.7. The molecule has 10 heteroatoms. The summed E-state index contributed by atoms with van der Waals surface area (Å²) in [5, 5.41) is 4.57. The smallest absolute Gasteiger partial charge is 0.308 e. The van der Waals surface area contributed by atoms with Gasteiger partial charge in [0.1, 0.15) is 11.9 Å². The lowest BCUT2D eigenvalue weighted by atomic mass is 9.87. The molecule has 2 fully saturated rings. The Morgan fingerprint density at radius 3 is 2.63 bits per heavy atom. The Balaban J connectivity index is 1.17. The molecule has 1 aliphatic carbocycles. The summed E-state index contributed by atoms with van der Waals surface area (Å²) in [7, 11) is 1.40. The van der Waals surface area contributed by atoms with Gasteiger partial charge in [0.15, 0.2) is 0 Å². The number of halogens is 2. The Kier molecular flexibility index (Phi) is 9.29. The summed E-state index contributed by atoms with van der Waals surface area (Å²) in [5.41, 5.74) is 1.62. The van der Waals surface area contributed by atoms with Gasteiger partial charge in [-0.05, 0) is 70.8 Å². The second-order valence-corrected chi connectivity index (χ2v) is 11.5. The first kappa shape index (κ1) is 29.1. The van der Waals surface area contributed by atoms with Crippen molar-refractivity contribution < 1.29 is 28.2 Å². The largest absolute Gasteiger partial charge is 0.469 e. The average Bonchev–Trinajstić information content (AvgIpc) is 3.37. The van der Waals surface area contributed by atoms with E-state index in [0.29, 0.717) is 28.7 Å². The van der Waals surface area contributed by atoms with E-state index in [9.17, 15) is 18.8 Å². The van der Waals surface area contributed by atoms with Crippen molar-refractivity contribution in [1.29, 1.82) is 0 Å². The number of carbonyl (C=O) groups is 3. The number of hydrogen-bond acceptors (Lipinski definition) is 6. The number of fused-ring (bicyclic) bond motifs is 1. The molecular formula is C31H33BrFN3O5. The molecule has 0 radical (unpaired) electrons. The van der Waals surface area contributed by atoms with Gasteiger partial charge in [-0.2, -0.15) is 0 Å². The molecule has 1 saturated heterocycles. The summed E-state index contributed by atoms with van der Waals surface area (Å²) in [5.74, 6) is -0.774. The van der Waals surface area contributed by atoms with Crippen LogP contribution in [0, 0.1) is 5.92 Å². The maximum atomic E-state index is 14.4. The number of likely N-dealkylation sites (tertiary alicyclic amines) is 1. The summed E-state index contributed by atoms with van der Waals surface area (Å²) < 4.78 is 25.9. The summed E-state index contributed by atoms with van der Waals surface area (Å²) in [4.78, 5) is 43.8. The maximum absolute atomic E-state index is 14.4. The highest BCUT2D eigenvalue weighted by Gasteiger charge is 2.36. The minimum Gasteiger partial charge on any atom is -0.469 e. The fraction of sp³-hybridized carbons (Fsp3) is 0.419. The van der Waals surface area contributed by atoms with E-state index >= 15 is 0 Å². The molecule has 3 aromatic rings. The van der Waals surface area contributed by atoms with E-state index in [4.69, 9.17) is 9.47 Å². The Labute approximate surface area is 246 Å².